The summed E-state index contributed by atoms with van der Waals surface area (Å²) < 4.78 is 5.33. The molecule has 2 rings (SSSR count). The Morgan fingerprint density at radius 1 is 1.42 bits per heavy atom. The molecule has 0 bridgehead atoms. The van der Waals surface area contributed by atoms with E-state index in [9.17, 15) is 4.79 Å². The molecule has 3 N–H and O–H groups in total. The van der Waals surface area contributed by atoms with Crippen LogP contribution in [0.1, 0.15) is 30.0 Å². The molecule has 1 aliphatic heterocycles. The summed E-state index contributed by atoms with van der Waals surface area (Å²) in [5.74, 6) is -0.130. The molecule has 1 heterocycles. The molecule has 0 radical (unpaired) electrons. The average Bonchev–Trinajstić information content (AvgIpc) is 2.40. The zero-order valence-corrected chi connectivity index (χ0v) is 11.9. The molecule has 4 nitrogen and oxygen atoms in total. The van der Waals surface area contributed by atoms with E-state index in [0.29, 0.717) is 6.61 Å². The highest BCUT2D eigenvalue weighted by Gasteiger charge is 2.21. The molecule has 1 aliphatic rings. The number of hydrogen-bond donors (Lipinski definition) is 2. The first-order valence-electron chi connectivity index (χ1n) is 6.37. The molecule has 2 unspecified atom stereocenters. The van der Waals surface area contributed by atoms with Crippen molar-refractivity contribution in [2.45, 2.75) is 31.8 Å². The van der Waals surface area contributed by atoms with E-state index in [4.69, 9.17) is 10.5 Å². The maximum atomic E-state index is 12.0. The van der Waals surface area contributed by atoms with Crippen molar-refractivity contribution in [3.05, 3.63) is 35.4 Å². The predicted molar refractivity (Wildman–Crippen MR) is 77.3 cm³/mol. The van der Waals surface area contributed by atoms with E-state index in [2.05, 4.69) is 5.32 Å². The lowest BCUT2D eigenvalue weighted by Gasteiger charge is -2.24. The molecule has 0 saturated carbocycles. The summed E-state index contributed by atoms with van der Waals surface area (Å²) in [6, 6.07) is 7.22. The lowest BCUT2D eigenvalue weighted by molar-refractivity contribution is -0.124. The van der Waals surface area contributed by atoms with Gasteiger partial charge in [0.1, 0.15) is 6.04 Å². The molecule has 0 spiro atoms. The number of nitrogens with one attached hydrogen (secondary N) is 1. The molecule has 0 aliphatic carbocycles. The van der Waals surface area contributed by atoms with Crippen LogP contribution in [0.4, 0.5) is 0 Å². The molecule has 0 aromatic heterocycles. The molecule has 1 aromatic rings. The number of aryl methyl sites for hydroxylation is 1. The van der Waals surface area contributed by atoms with Crippen LogP contribution in [-0.2, 0) is 9.53 Å². The summed E-state index contributed by atoms with van der Waals surface area (Å²) in [4.78, 5) is 12.0. The van der Waals surface area contributed by atoms with E-state index < -0.39 is 6.04 Å². The number of benzene rings is 1. The average molecular weight is 285 g/mol. The quantitative estimate of drug-likeness (QED) is 0.888. The summed E-state index contributed by atoms with van der Waals surface area (Å²) in [5.41, 5.74) is 7.95. The summed E-state index contributed by atoms with van der Waals surface area (Å²) >= 11 is 0. The van der Waals surface area contributed by atoms with Gasteiger partial charge in [0.05, 0.1) is 12.6 Å². The van der Waals surface area contributed by atoms with Gasteiger partial charge in [0, 0.05) is 6.61 Å². The van der Waals surface area contributed by atoms with Crippen LogP contribution in [0.5, 0.6) is 0 Å². The highest BCUT2D eigenvalue weighted by Crippen LogP contribution is 2.13. The highest BCUT2D eigenvalue weighted by molar-refractivity contribution is 5.85. The molecule has 106 valence electrons. The molecule has 1 amide bonds. The molecule has 5 heteroatoms. The second-order valence-electron chi connectivity index (χ2n) is 4.81. The van der Waals surface area contributed by atoms with Crippen molar-refractivity contribution in [2.75, 3.05) is 13.2 Å². The van der Waals surface area contributed by atoms with Gasteiger partial charge in [0.25, 0.3) is 0 Å². The van der Waals surface area contributed by atoms with Gasteiger partial charge in [-0.25, -0.2) is 0 Å². The summed E-state index contributed by atoms with van der Waals surface area (Å²) in [5, 5.41) is 2.94. The van der Waals surface area contributed by atoms with Crippen molar-refractivity contribution in [3.63, 3.8) is 0 Å². The van der Waals surface area contributed by atoms with Crippen molar-refractivity contribution in [1.82, 2.24) is 5.32 Å². The highest BCUT2D eigenvalue weighted by atomic mass is 35.5. The molecule has 19 heavy (non-hydrogen) atoms. The second-order valence-corrected chi connectivity index (χ2v) is 4.81. The van der Waals surface area contributed by atoms with E-state index in [-0.39, 0.29) is 24.4 Å². The lowest BCUT2D eigenvalue weighted by Crippen LogP contribution is -2.44. The largest absolute Gasteiger partial charge is 0.379 e. The Morgan fingerprint density at radius 3 is 2.68 bits per heavy atom. The Balaban J connectivity index is 0.00000180. The fourth-order valence-corrected chi connectivity index (χ4v) is 2.07. The van der Waals surface area contributed by atoms with Crippen LogP contribution in [0.3, 0.4) is 0 Å². The number of carbonyl (C=O) groups excluding carboxylic acids is 1. The van der Waals surface area contributed by atoms with Gasteiger partial charge in [-0.1, -0.05) is 29.8 Å². The Kier molecular flexibility index (Phi) is 6.28. The Morgan fingerprint density at radius 2 is 2.11 bits per heavy atom. The van der Waals surface area contributed by atoms with Crippen LogP contribution in [0.25, 0.3) is 0 Å². The van der Waals surface area contributed by atoms with Gasteiger partial charge in [-0.3, -0.25) is 4.79 Å². The SMILES string of the molecule is Cc1ccc(C(N)C(=O)NC2CCCOC2)cc1.Cl. The minimum absolute atomic E-state index is 0. The van der Waals surface area contributed by atoms with E-state index >= 15 is 0 Å². The zero-order chi connectivity index (χ0) is 13.0. The van der Waals surface area contributed by atoms with E-state index in [1.807, 2.05) is 31.2 Å². The first-order valence-corrected chi connectivity index (χ1v) is 6.37. The maximum absolute atomic E-state index is 12.0. The van der Waals surface area contributed by atoms with Gasteiger partial charge in [-0.2, -0.15) is 0 Å². The Bertz CT molecular complexity index is 402. The number of carbonyl (C=O) groups is 1. The first kappa shape index (κ1) is 16.0. The third-order valence-corrected chi connectivity index (χ3v) is 3.23. The van der Waals surface area contributed by atoms with Gasteiger partial charge in [0.2, 0.25) is 5.91 Å². The molecule has 1 aromatic carbocycles. The molecular weight excluding hydrogens is 264 g/mol. The smallest absolute Gasteiger partial charge is 0.241 e. The predicted octanol–water partition coefficient (Wildman–Crippen LogP) is 1.71. The summed E-state index contributed by atoms with van der Waals surface area (Å²) in [6.07, 6.45) is 1.96. The molecular formula is C14H21ClN2O2. The van der Waals surface area contributed by atoms with E-state index in [0.717, 1.165) is 30.6 Å². The number of rotatable bonds is 3. The van der Waals surface area contributed by atoms with Crippen molar-refractivity contribution < 1.29 is 9.53 Å². The monoisotopic (exact) mass is 284 g/mol. The number of hydrogen-bond acceptors (Lipinski definition) is 3. The third kappa shape index (κ3) is 4.49. The fraction of sp³-hybridized carbons (Fsp3) is 0.500. The van der Waals surface area contributed by atoms with Gasteiger partial charge in [0.15, 0.2) is 0 Å². The van der Waals surface area contributed by atoms with Crippen LogP contribution in [0.15, 0.2) is 24.3 Å². The topological polar surface area (TPSA) is 64.4 Å². The number of halogens is 1. The van der Waals surface area contributed by atoms with Crippen LogP contribution in [0, 0.1) is 6.92 Å². The maximum Gasteiger partial charge on any atom is 0.241 e. The van der Waals surface area contributed by atoms with Crippen molar-refractivity contribution >= 4 is 18.3 Å². The number of ether oxygens (including phenoxy) is 1. The Labute approximate surface area is 120 Å². The van der Waals surface area contributed by atoms with E-state index in [1.165, 1.54) is 0 Å². The summed E-state index contributed by atoms with van der Waals surface area (Å²) in [7, 11) is 0. The normalized spacial score (nSPS) is 20.2. The van der Waals surface area contributed by atoms with Crippen LogP contribution < -0.4 is 11.1 Å². The first-order chi connectivity index (χ1) is 8.66. The van der Waals surface area contributed by atoms with Crippen molar-refractivity contribution in [3.8, 4) is 0 Å². The number of amides is 1. The molecule has 2 atom stereocenters. The molecule has 1 saturated heterocycles. The van der Waals surface area contributed by atoms with Gasteiger partial charge < -0.3 is 15.8 Å². The van der Waals surface area contributed by atoms with Crippen molar-refractivity contribution in [1.29, 1.82) is 0 Å². The van der Waals surface area contributed by atoms with Gasteiger partial charge >= 0.3 is 0 Å². The third-order valence-electron chi connectivity index (χ3n) is 3.23. The lowest BCUT2D eigenvalue weighted by atomic mass is 10.0. The Hall–Kier alpha value is -1.10. The van der Waals surface area contributed by atoms with E-state index in [1.54, 1.807) is 0 Å². The molecule has 1 fully saturated rings. The minimum atomic E-state index is -0.604. The number of nitrogens with two attached hydrogens (primary N) is 1. The van der Waals surface area contributed by atoms with Crippen LogP contribution >= 0.6 is 12.4 Å². The van der Waals surface area contributed by atoms with Gasteiger partial charge in [-0.15, -0.1) is 12.4 Å². The zero-order valence-electron chi connectivity index (χ0n) is 11.1. The van der Waals surface area contributed by atoms with Crippen LogP contribution in [-0.4, -0.2) is 25.2 Å². The fourth-order valence-electron chi connectivity index (χ4n) is 2.07. The summed E-state index contributed by atoms with van der Waals surface area (Å²) in [6.45, 7) is 3.39. The van der Waals surface area contributed by atoms with Gasteiger partial charge in [-0.05, 0) is 25.3 Å². The van der Waals surface area contributed by atoms with Crippen molar-refractivity contribution in [2.24, 2.45) is 5.73 Å². The van der Waals surface area contributed by atoms with Crippen LogP contribution in [0.2, 0.25) is 0 Å². The second kappa shape index (κ2) is 7.48. The standard InChI is InChI=1S/C14H20N2O2.ClH/c1-10-4-6-11(7-5-10)13(15)14(17)16-12-3-2-8-18-9-12;/h4-7,12-13H,2-3,8-9,15H2,1H3,(H,16,17);1H. The minimum Gasteiger partial charge on any atom is -0.379 e.